The van der Waals surface area contributed by atoms with Gasteiger partial charge < -0.3 is 20.3 Å². The van der Waals surface area contributed by atoms with E-state index in [1.807, 2.05) is 12.1 Å². The standard InChI is InChI=1S/C18H32N4O.HI/c1-6-8-12-20-18(19-7-2)21-14-17(22(3)4)15-10-9-11-16(13-15)23-5;/h9-11,13,17H,6-8,12,14H2,1-5H3,(H2,19,20,21);1H. The number of guanidine groups is 1. The van der Waals surface area contributed by atoms with Gasteiger partial charge in [-0.05, 0) is 45.1 Å². The summed E-state index contributed by atoms with van der Waals surface area (Å²) in [4.78, 5) is 6.94. The van der Waals surface area contributed by atoms with E-state index in [4.69, 9.17) is 9.73 Å². The largest absolute Gasteiger partial charge is 0.497 e. The first-order valence-corrected chi connectivity index (χ1v) is 8.44. The van der Waals surface area contributed by atoms with Crippen LogP contribution in [0.15, 0.2) is 29.3 Å². The third kappa shape index (κ3) is 8.19. The van der Waals surface area contributed by atoms with E-state index in [9.17, 15) is 0 Å². The lowest BCUT2D eigenvalue weighted by Crippen LogP contribution is -2.38. The molecule has 0 radical (unpaired) electrons. The molecule has 0 saturated carbocycles. The topological polar surface area (TPSA) is 48.9 Å². The number of halogens is 1. The molecular formula is C18H33IN4O. The summed E-state index contributed by atoms with van der Waals surface area (Å²) in [6.07, 6.45) is 2.33. The Kier molecular flexibility index (Phi) is 12.7. The first kappa shape index (κ1) is 23.0. The molecule has 138 valence electrons. The van der Waals surface area contributed by atoms with Gasteiger partial charge in [0.1, 0.15) is 5.75 Å². The molecule has 0 aliphatic heterocycles. The van der Waals surface area contributed by atoms with Crippen LogP contribution in [0.2, 0.25) is 0 Å². The van der Waals surface area contributed by atoms with Crippen molar-refractivity contribution in [2.45, 2.75) is 32.7 Å². The van der Waals surface area contributed by atoms with E-state index in [0.29, 0.717) is 6.54 Å². The number of benzene rings is 1. The van der Waals surface area contributed by atoms with Gasteiger partial charge in [-0.2, -0.15) is 0 Å². The molecule has 1 atom stereocenters. The van der Waals surface area contributed by atoms with Crippen molar-refractivity contribution in [1.82, 2.24) is 15.5 Å². The molecule has 0 amide bonds. The summed E-state index contributed by atoms with van der Waals surface area (Å²) in [5.41, 5.74) is 1.21. The lowest BCUT2D eigenvalue weighted by molar-refractivity contribution is 0.305. The highest BCUT2D eigenvalue weighted by atomic mass is 127. The zero-order valence-corrected chi connectivity index (χ0v) is 18.0. The first-order valence-electron chi connectivity index (χ1n) is 8.44. The lowest BCUT2D eigenvalue weighted by Gasteiger charge is -2.24. The van der Waals surface area contributed by atoms with E-state index < -0.39 is 0 Å². The smallest absolute Gasteiger partial charge is 0.191 e. The zero-order valence-electron chi connectivity index (χ0n) is 15.6. The van der Waals surface area contributed by atoms with Crippen molar-refractivity contribution in [3.63, 3.8) is 0 Å². The normalized spacial score (nSPS) is 12.5. The van der Waals surface area contributed by atoms with E-state index in [0.717, 1.165) is 31.2 Å². The Bertz CT molecular complexity index is 480. The number of rotatable bonds is 9. The maximum Gasteiger partial charge on any atom is 0.191 e. The second-order valence-electron chi connectivity index (χ2n) is 5.76. The van der Waals surface area contributed by atoms with Crippen LogP contribution in [0.4, 0.5) is 0 Å². The van der Waals surface area contributed by atoms with E-state index in [1.54, 1.807) is 7.11 Å². The fourth-order valence-electron chi connectivity index (χ4n) is 2.32. The predicted octanol–water partition coefficient (Wildman–Crippen LogP) is 3.27. The number of aliphatic imine (C=N–C) groups is 1. The van der Waals surface area contributed by atoms with Crippen molar-refractivity contribution in [2.75, 3.05) is 40.8 Å². The Balaban J connectivity index is 0.00000529. The molecule has 0 aliphatic rings. The summed E-state index contributed by atoms with van der Waals surface area (Å²) in [5.74, 6) is 1.77. The molecule has 1 unspecified atom stereocenters. The number of hydrogen-bond donors (Lipinski definition) is 2. The molecule has 2 N–H and O–H groups in total. The Morgan fingerprint density at radius 2 is 2.00 bits per heavy atom. The number of ether oxygens (including phenoxy) is 1. The van der Waals surface area contributed by atoms with Crippen LogP contribution in [0, 0.1) is 0 Å². The van der Waals surface area contributed by atoms with Crippen molar-refractivity contribution >= 4 is 29.9 Å². The minimum atomic E-state index is 0. The molecule has 0 heterocycles. The zero-order chi connectivity index (χ0) is 17.1. The van der Waals surface area contributed by atoms with Gasteiger partial charge in [-0.1, -0.05) is 25.5 Å². The number of methoxy groups -OCH3 is 1. The van der Waals surface area contributed by atoms with Gasteiger partial charge in [0.05, 0.1) is 19.7 Å². The van der Waals surface area contributed by atoms with Gasteiger partial charge in [0.25, 0.3) is 0 Å². The van der Waals surface area contributed by atoms with Crippen molar-refractivity contribution in [3.8, 4) is 5.75 Å². The van der Waals surface area contributed by atoms with Crippen LogP contribution >= 0.6 is 24.0 Å². The lowest BCUT2D eigenvalue weighted by atomic mass is 10.1. The van der Waals surface area contributed by atoms with Crippen LogP contribution in [0.3, 0.4) is 0 Å². The molecule has 0 fully saturated rings. The SMILES string of the molecule is CCCCNC(=NCC(c1cccc(OC)c1)N(C)C)NCC.I. The van der Waals surface area contributed by atoms with Gasteiger partial charge in [0.2, 0.25) is 0 Å². The summed E-state index contributed by atoms with van der Waals surface area (Å²) >= 11 is 0. The fraction of sp³-hybridized carbons (Fsp3) is 0.611. The van der Waals surface area contributed by atoms with Gasteiger partial charge in [0, 0.05) is 13.1 Å². The van der Waals surface area contributed by atoms with Crippen LogP contribution in [0.5, 0.6) is 5.75 Å². The average molecular weight is 448 g/mol. The second kappa shape index (κ2) is 13.3. The quantitative estimate of drug-likeness (QED) is 0.264. The van der Waals surface area contributed by atoms with Gasteiger partial charge in [0.15, 0.2) is 5.96 Å². The van der Waals surface area contributed by atoms with Crippen molar-refractivity contribution in [2.24, 2.45) is 4.99 Å². The van der Waals surface area contributed by atoms with Crippen LogP contribution in [-0.2, 0) is 0 Å². The highest BCUT2D eigenvalue weighted by Gasteiger charge is 2.14. The van der Waals surface area contributed by atoms with Crippen LogP contribution in [-0.4, -0.2) is 51.7 Å². The second-order valence-corrected chi connectivity index (χ2v) is 5.76. The molecule has 0 saturated heterocycles. The molecule has 24 heavy (non-hydrogen) atoms. The molecular weight excluding hydrogens is 415 g/mol. The summed E-state index contributed by atoms with van der Waals surface area (Å²) in [7, 11) is 5.86. The summed E-state index contributed by atoms with van der Waals surface area (Å²) in [6.45, 7) is 6.79. The Morgan fingerprint density at radius 1 is 1.25 bits per heavy atom. The highest BCUT2D eigenvalue weighted by Crippen LogP contribution is 2.22. The Labute approximate surface area is 164 Å². The number of nitrogens with one attached hydrogen (secondary N) is 2. The average Bonchev–Trinajstić information content (AvgIpc) is 2.55. The molecule has 1 rings (SSSR count). The van der Waals surface area contributed by atoms with E-state index in [-0.39, 0.29) is 30.0 Å². The van der Waals surface area contributed by atoms with Gasteiger partial charge in [-0.15, -0.1) is 24.0 Å². The summed E-state index contributed by atoms with van der Waals surface area (Å²) in [5, 5.41) is 6.69. The molecule has 0 aromatic heterocycles. The summed E-state index contributed by atoms with van der Waals surface area (Å²) < 4.78 is 5.34. The molecule has 0 spiro atoms. The predicted molar refractivity (Wildman–Crippen MR) is 114 cm³/mol. The number of unbranched alkanes of at least 4 members (excludes halogenated alkanes) is 1. The van der Waals surface area contributed by atoms with Gasteiger partial charge in [-0.25, -0.2) is 0 Å². The minimum Gasteiger partial charge on any atom is -0.497 e. The molecule has 6 heteroatoms. The van der Waals surface area contributed by atoms with Crippen LogP contribution < -0.4 is 15.4 Å². The van der Waals surface area contributed by atoms with Crippen molar-refractivity contribution in [3.05, 3.63) is 29.8 Å². The third-order valence-electron chi connectivity index (χ3n) is 3.69. The monoisotopic (exact) mass is 448 g/mol. The fourth-order valence-corrected chi connectivity index (χ4v) is 2.32. The number of nitrogens with zero attached hydrogens (tertiary/aromatic N) is 2. The highest BCUT2D eigenvalue weighted by molar-refractivity contribution is 14.0. The maximum atomic E-state index is 5.34. The Morgan fingerprint density at radius 3 is 2.58 bits per heavy atom. The molecule has 0 bridgehead atoms. The van der Waals surface area contributed by atoms with Gasteiger partial charge >= 0.3 is 0 Å². The minimum absolute atomic E-state index is 0. The van der Waals surface area contributed by atoms with Gasteiger partial charge in [-0.3, -0.25) is 4.99 Å². The Hall–Kier alpha value is -1.02. The van der Waals surface area contributed by atoms with Crippen LogP contribution in [0.25, 0.3) is 0 Å². The van der Waals surface area contributed by atoms with E-state index >= 15 is 0 Å². The first-order chi connectivity index (χ1) is 11.1. The maximum absolute atomic E-state index is 5.34. The molecule has 5 nitrogen and oxygen atoms in total. The molecule has 1 aromatic carbocycles. The van der Waals surface area contributed by atoms with Crippen molar-refractivity contribution < 1.29 is 4.74 Å². The van der Waals surface area contributed by atoms with Crippen molar-refractivity contribution in [1.29, 1.82) is 0 Å². The van der Waals surface area contributed by atoms with E-state index in [1.165, 1.54) is 12.0 Å². The summed E-state index contributed by atoms with van der Waals surface area (Å²) in [6, 6.07) is 8.42. The number of likely N-dealkylation sites (N-methyl/N-ethyl adjacent to an activating group) is 1. The number of hydrogen-bond acceptors (Lipinski definition) is 3. The third-order valence-corrected chi connectivity index (χ3v) is 3.69. The molecule has 0 aliphatic carbocycles. The molecule has 1 aromatic rings. The van der Waals surface area contributed by atoms with E-state index in [2.05, 4.69) is 55.6 Å². The van der Waals surface area contributed by atoms with Crippen LogP contribution in [0.1, 0.15) is 38.3 Å².